The van der Waals surface area contributed by atoms with Gasteiger partial charge in [0, 0.05) is 54.0 Å². The highest BCUT2D eigenvalue weighted by Gasteiger charge is 2.52. The van der Waals surface area contributed by atoms with Gasteiger partial charge in [-0.15, -0.1) is 11.3 Å². The Labute approximate surface area is 310 Å². The van der Waals surface area contributed by atoms with Gasteiger partial charge in [-0.1, -0.05) is 110 Å². The molecule has 10 rings (SSSR count). The fourth-order valence-electron chi connectivity index (χ4n) is 9.57. The van der Waals surface area contributed by atoms with Crippen LogP contribution in [-0.4, -0.2) is 0 Å². The summed E-state index contributed by atoms with van der Waals surface area (Å²) in [6.07, 6.45) is 5.21. The van der Waals surface area contributed by atoms with Gasteiger partial charge in [0.1, 0.15) is 0 Å². The summed E-state index contributed by atoms with van der Waals surface area (Å²) >= 11 is 1.88. The van der Waals surface area contributed by atoms with Gasteiger partial charge in [-0.05, 0) is 121 Å². The van der Waals surface area contributed by atoms with Gasteiger partial charge >= 0.3 is 0 Å². The molecule has 0 N–H and O–H groups in total. The summed E-state index contributed by atoms with van der Waals surface area (Å²) < 4.78 is 2.65. The number of benzene rings is 7. The summed E-state index contributed by atoms with van der Waals surface area (Å²) in [5.41, 5.74) is 10.0. The van der Waals surface area contributed by atoms with E-state index in [4.69, 9.17) is 0 Å². The van der Waals surface area contributed by atoms with Crippen LogP contribution in [0, 0.1) is 11.8 Å². The molecule has 7 aromatic carbocycles. The summed E-state index contributed by atoms with van der Waals surface area (Å²) in [6.45, 7) is 0. The van der Waals surface area contributed by atoms with Crippen LogP contribution in [0.2, 0.25) is 0 Å². The van der Waals surface area contributed by atoms with E-state index in [1.165, 1.54) is 91.1 Å². The molecule has 3 unspecified atom stereocenters. The van der Waals surface area contributed by atoms with Crippen molar-refractivity contribution in [3.63, 3.8) is 0 Å². The highest BCUT2D eigenvalue weighted by molar-refractivity contribution is 7.26. The molecule has 0 saturated heterocycles. The molecule has 1 heterocycles. The van der Waals surface area contributed by atoms with Crippen molar-refractivity contribution in [2.24, 2.45) is 11.8 Å². The summed E-state index contributed by atoms with van der Waals surface area (Å²) in [4.78, 5) is 4.82. The lowest BCUT2D eigenvalue weighted by molar-refractivity contribution is 0.320. The SMILES string of the molecule is c1ccc(N(c2ccccc2)c2ccc(C3(c4ccc(N(c5ccccc5)c5cccc6sc7ccccc7c56)cc4)CC4CCC3C4)cc2)cc1. The summed E-state index contributed by atoms with van der Waals surface area (Å²) in [7, 11) is 0. The van der Waals surface area contributed by atoms with E-state index in [0.29, 0.717) is 5.92 Å². The smallest absolute Gasteiger partial charge is 0.0554 e. The van der Waals surface area contributed by atoms with Crippen molar-refractivity contribution in [1.29, 1.82) is 0 Å². The second-order valence-electron chi connectivity index (χ2n) is 14.6. The zero-order chi connectivity index (χ0) is 34.5. The van der Waals surface area contributed by atoms with Crippen LogP contribution < -0.4 is 9.80 Å². The number of fused-ring (bicyclic) bond motifs is 5. The lowest BCUT2D eigenvalue weighted by Gasteiger charge is -2.40. The highest BCUT2D eigenvalue weighted by Crippen LogP contribution is 2.60. The molecule has 2 aliphatic rings. The van der Waals surface area contributed by atoms with Crippen LogP contribution in [0.3, 0.4) is 0 Å². The maximum absolute atomic E-state index is 2.45. The molecule has 0 amide bonds. The first-order valence-electron chi connectivity index (χ1n) is 18.6. The molecular formula is C49H40N2S. The minimum Gasteiger partial charge on any atom is -0.311 e. The van der Waals surface area contributed by atoms with Crippen molar-refractivity contribution < 1.29 is 0 Å². The van der Waals surface area contributed by atoms with Gasteiger partial charge in [-0.2, -0.15) is 0 Å². The second-order valence-corrected chi connectivity index (χ2v) is 15.7. The van der Waals surface area contributed by atoms with E-state index >= 15 is 0 Å². The Morgan fingerprint density at radius 1 is 0.442 bits per heavy atom. The van der Waals surface area contributed by atoms with E-state index in [0.717, 1.165) is 5.92 Å². The van der Waals surface area contributed by atoms with Crippen LogP contribution in [-0.2, 0) is 5.41 Å². The average molecular weight is 689 g/mol. The van der Waals surface area contributed by atoms with Crippen molar-refractivity contribution >= 4 is 65.6 Å². The molecule has 0 aliphatic heterocycles. The molecule has 52 heavy (non-hydrogen) atoms. The fraction of sp³-hybridized carbons (Fsp3) is 0.143. The summed E-state index contributed by atoms with van der Waals surface area (Å²) in [5.74, 6) is 1.45. The minimum absolute atomic E-state index is 0.0193. The Morgan fingerprint density at radius 2 is 0.942 bits per heavy atom. The summed E-state index contributed by atoms with van der Waals surface area (Å²) in [5, 5.41) is 2.64. The van der Waals surface area contributed by atoms with E-state index < -0.39 is 0 Å². The van der Waals surface area contributed by atoms with Gasteiger partial charge in [0.2, 0.25) is 0 Å². The van der Waals surface area contributed by atoms with Gasteiger partial charge in [0.05, 0.1) is 5.69 Å². The number of hydrogen-bond acceptors (Lipinski definition) is 3. The molecular weight excluding hydrogens is 649 g/mol. The Kier molecular flexibility index (Phi) is 7.69. The molecule has 2 aliphatic carbocycles. The van der Waals surface area contributed by atoms with Crippen LogP contribution in [0.4, 0.5) is 34.1 Å². The molecule has 0 spiro atoms. The Hall–Kier alpha value is -5.64. The number of rotatable bonds is 8. The van der Waals surface area contributed by atoms with Crippen molar-refractivity contribution in [3.05, 3.63) is 193 Å². The van der Waals surface area contributed by atoms with Crippen LogP contribution in [0.25, 0.3) is 20.2 Å². The van der Waals surface area contributed by atoms with Crippen molar-refractivity contribution in [2.45, 2.75) is 31.1 Å². The largest absolute Gasteiger partial charge is 0.311 e. The Bertz CT molecular complexity index is 2430. The summed E-state index contributed by atoms with van der Waals surface area (Å²) in [6, 6.07) is 67.1. The van der Waals surface area contributed by atoms with Crippen LogP contribution in [0.5, 0.6) is 0 Å². The highest BCUT2D eigenvalue weighted by atomic mass is 32.1. The standard InChI is InChI=1S/C49H40N2S/c1-4-13-39(14-5-1)50(40-15-6-2-7-16-40)42-29-25-36(26-30-42)49(34-35-23-24-38(49)33-35)37-27-31-43(32-28-37)51(41-17-8-3-9-18-41)45-20-12-22-47-48(45)44-19-10-11-21-46(44)52-47/h1-22,25-32,35,38H,23-24,33-34H2. The minimum atomic E-state index is 0.0193. The van der Waals surface area contributed by atoms with E-state index in [-0.39, 0.29) is 5.41 Å². The predicted octanol–water partition coefficient (Wildman–Crippen LogP) is 14.1. The third-order valence-electron chi connectivity index (χ3n) is 11.8. The molecule has 1 aromatic heterocycles. The molecule has 2 nitrogen and oxygen atoms in total. The Balaban J connectivity index is 1.06. The van der Waals surface area contributed by atoms with Gasteiger partial charge in [0.15, 0.2) is 0 Å². The molecule has 0 radical (unpaired) electrons. The average Bonchev–Trinajstić information content (AvgIpc) is 3.95. The van der Waals surface area contributed by atoms with E-state index in [2.05, 4.69) is 192 Å². The van der Waals surface area contributed by atoms with E-state index in [1.54, 1.807) is 0 Å². The number of anilines is 6. The first kappa shape index (κ1) is 31.1. The van der Waals surface area contributed by atoms with Crippen LogP contribution in [0.15, 0.2) is 182 Å². The van der Waals surface area contributed by atoms with Gasteiger partial charge < -0.3 is 9.80 Å². The topological polar surface area (TPSA) is 6.48 Å². The maximum Gasteiger partial charge on any atom is 0.0554 e. The number of thiophene rings is 1. The molecule has 2 saturated carbocycles. The zero-order valence-electron chi connectivity index (χ0n) is 29.1. The van der Waals surface area contributed by atoms with Crippen LogP contribution in [0.1, 0.15) is 36.8 Å². The van der Waals surface area contributed by atoms with Crippen molar-refractivity contribution in [2.75, 3.05) is 9.80 Å². The van der Waals surface area contributed by atoms with Crippen molar-refractivity contribution in [1.82, 2.24) is 0 Å². The zero-order valence-corrected chi connectivity index (χ0v) is 29.9. The van der Waals surface area contributed by atoms with E-state index in [1.807, 2.05) is 11.3 Å². The maximum atomic E-state index is 2.45. The third kappa shape index (κ3) is 5.14. The predicted molar refractivity (Wildman–Crippen MR) is 221 cm³/mol. The molecule has 3 atom stereocenters. The monoisotopic (exact) mass is 688 g/mol. The van der Waals surface area contributed by atoms with Gasteiger partial charge in [-0.25, -0.2) is 0 Å². The lowest BCUT2D eigenvalue weighted by atomic mass is 9.64. The molecule has 8 aromatic rings. The quantitative estimate of drug-likeness (QED) is 0.157. The van der Waals surface area contributed by atoms with Crippen molar-refractivity contribution in [3.8, 4) is 0 Å². The fourth-order valence-corrected chi connectivity index (χ4v) is 10.7. The number of hydrogen-bond donors (Lipinski definition) is 0. The second kappa shape index (κ2) is 12.8. The molecule has 252 valence electrons. The number of nitrogens with zero attached hydrogens (tertiary/aromatic N) is 2. The Morgan fingerprint density at radius 3 is 1.50 bits per heavy atom. The van der Waals surface area contributed by atoms with E-state index in [9.17, 15) is 0 Å². The lowest BCUT2D eigenvalue weighted by Crippen LogP contribution is -2.34. The van der Waals surface area contributed by atoms with Gasteiger partial charge in [0.25, 0.3) is 0 Å². The molecule has 2 fully saturated rings. The first-order chi connectivity index (χ1) is 25.8. The van der Waals surface area contributed by atoms with Crippen LogP contribution >= 0.6 is 11.3 Å². The first-order valence-corrected chi connectivity index (χ1v) is 19.4. The normalized spacial score (nSPS) is 19.3. The van der Waals surface area contributed by atoms with Gasteiger partial charge in [-0.3, -0.25) is 0 Å². The third-order valence-corrected chi connectivity index (χ3v) is 12.9. The molecule has 2 bridgehead atoms. The molecule has 3 heteroatoms. The number of para-hydroxylation sites is 3.